The lowest BCUT2D eigenvalue weighted by Gasteiger charge is -1.94. The lowest BCUT2D eigenvalue weighted by Crippen LogP contribution is -2.00. The number of ether oxygens (including phenoxy) is 1. The highest BCUT2D eigenvalue weighted by atomic mass is 16.5. The smallest absolute Gasteiger partial charge is 0.330 e. The van der Waals surface area contributed by atoms with Gasteiger partial charge in [-0.25, -0.2) is 4.79 Å². The van der Waals surface area contributed by atoms with Crippen molar-refractivity contribution in [1.82, 2.24) is 0 Å². The van der Waals surface area contributed by atoms with Crippen LogP contribution in [0, 0.1) is 0 Å². The van der Waals surface area contributed by atoms with Gasteiger partial charge in [-0.2, -0.15) is 0 Å². The summed E-state index contributed by atoms with van der Waals surface area (Å²) in [4.78, 5) is 19.9. The van der Waals surface area contributed by atoms with E-state index >= 15 is 0 Å². The lowest BCUT2D eigenvalue weighted by molar-refractivity contribution is -0.142. The first-order valence-corrected chi connectivity index (χ1v) is 4.11. The number of carbonyl (C=O) groups excluding carboxylic acids is 1. The first kappa shape index (κ1) is 14.9. The van der Waals surface area contributed by atoms with E-state index in [0.29, 0.717) is 13.0 Å². The van der Waals surface area contributed by atoms with Crippen molar-refractivity contribution in [1.29, 1.82) is 0 Å². The average Bonchev–Trinajstić information content (AvgIpc) is 2.14. The second kappa shape index (κ2) is 9.51. The van der Waals surface area contributed by atoms with Gasteiger partial charge in [0.05, 0.1) is 0 Å². The normalized spacial score (nSPS) is 7.86. The molecule has 0 saturated carbocycles. The SMILES string of the molecule is C=C(C)C(=O)O.C=CCOC(=O)CC. The van der Waals surface area contributed by atoms with E-state index in [0.717, 1.165) is 0 Å². The van der Waals surface area contributed by atoms with Gasteiger partial charge in [0.1, 0.15) is 6.61 Å². The van der Waals surface area contributed by atoms with Crippen LogP contribution in [0.25, 0.3) is 0 Å². The Hall–Kier alpha value is -1.58. The molecule has 0 aliphatic carbocycles. The van der Waals surface area contributed by atoms with Crippen molar-refractivity contribution in [3.05, 3.63) is 24.8 Å². The molecule has 0 heterocycles. The summed E-state index contributed by atoms with van der Waals surface area (Å²) in [6, 6.07) is 0. The van der Waals surface area contributed by atoms with Gasteiger partial charge in [0, 0.05) is 12.0 Å². The standard InChI is InChI=1S/C6H10O2.C4H6O2/c1-3-5-8-6(7)4-2;1-3(2)4(5)6/h3H,1,4-5H2,2H3;1H2,2H3,(H,5,6). The number of carboxylic acid groups (broad SMARTS) is 1. The number of hydrogen-bond donors (Lipinski definition) is 1. The van der Waals surface area contributed by atoms with Gasteiger partial charge < -0.3 is 9.84 Å². The Morgan fingerprint density at radius 2 is 1.93 bits per heavy atom. The first-order chi connectivity index (χ1) is 6.45. The van der Waals surface area contributed by atoms with Crippen LogP contribution in [0.15, 0.2) is 24.8 Å². The second-order valence-electron chi connectivity index (χ2n) is 2.41. The molecule has 0 bridgehead atoms. The largest absolute Gasteiger partial charge is 0.478 e. The molecule has 0 unspecified atom stereocenters. The van der Waals surface area contributed by atoms with E-state index in [1.54, 1.807) is 13.0 Å². The highest BCUT2D eigenvalue weighted by Crippen LogP contribution is 1.82. The van der Waals surface area contributed by atoms with E-state index in [9.17, 15) is 9.59 Å². The fourth-order valence-electron chi connectivity index (χ4n) is 0.254. The molecule has 0 aromatic rings. The van der Waals surface area contributed by atoms with Crippen LogP contribution >= 0.6 is 0 Å². The zero-order chi connectivity index (χ0) is 11.6. The van der Waals surface area contributed by atoms with E-state index in [1.807, 2.05) is 0 Å². The van der Waals surface area contributed by atoms with Crippen LogP contribution in [0.2, 0.25) is 0 Å². The fourth-order valence-corrected chi connectivity index (χ4v) is 0.254. The van der Waals surface area contributed by atoms with Crippen molar-refractivity contribution in [3.63, 3.8) is 0 Å². The van der Waals surface area contributed by atoms with Gasteiger partial charge in [0.15, 0.2) is 0 Å². The molecule has 0 radical (unpaired) electrons. The third-order valence-corrected chi connectivity index (χ3v) is 1.02. The molecular formula is C10H16O4. The molecule has 0 aliphatic heterocycles. The molecule has 0 amide bonds. The van der Waals surface area contributed by atoms with Crippen LogP contribution in [0.5, 0.6) is 0 Å². The predicted molar refractivity (Wildman–Crippen MR) is 53.9 cm³/mol. The van der Waals surface area contributed by atoms with E-state index in [-0.39, 0.29) is 11.5 Å². The third-order valence-electron chi connectivity index (χ3n) is 1.02. The van der Waals surface area contributed by atoms with Crippen molar-refractivity contribution in [2.45, 2.75) is 20.3 Å². The number of rotatable bonds is 4. The molecule has 0 fully saturated rings. The highest BCUT2D eigenvalue weighted by molar-refractivity contribution is 5.84. The zero-order valence-electron chi connectivity index (χ0n) is 8.58. The first-order valence-electron chi connectivity index (χ1n) is 4.11. The monoisotopic (exact) mass is 200 g/mol. The second-order valence-corrected chi connectivity index (χ2v) is 2.41. The molecule has 4 heteroatoms. The van der Waals surface area contributed by atoms with E-state index in [4.69, 9.17) is 5.11 Å². The van der Waals surface area contributed by atoms with Crippen LogP contribution in [0.1, 0.15) is 20.3 Å². The third kappa shape index (κ3) is 13.0. The minimum absolute atomic E-state index is 0.176. The number of carboxylic acids is 1. The van der Waals surface area contributed by atoms with Gasteiger partial charge in [0.2, 0.25) is 0 Å². The lowest BCUT2D eigenvalue weighted by atomic mass is 10.4. The summed E-state index contributed by atoms with van der Waals surface area (Å²) in [5, 5.41) is 7.89. The number of carbonyl (C=O) groups is 2. The molecule has 0 atom stereocenters. The Morgan fingerprint density at radius 3 is 2.14 bits per heavy atom. The van der Waals surface area contributed by atoms with Crippen molar-refractivity contribution < 1.29 is 19.4 Å². The van der Waals surface area contributed by atoms with Gasteiger partial charge in [0.25, 0.3) is 0 Å². The molecule has 14 heavy (non-hydrogen) atoms. The number of aliphatic carboxylic acids is 1. The van der Waals surface area contributed by atoms with E-state index < -0.39 is 5.97 Å². The van der Waals surface area contributed by atoms with Crippen LogP contribution in [0.3, 0.4) is 0 Å². The molecule has 4 nitrogen and oxygen atoms in total. The number of esters is 1. The van der Waals surface area contributed by atoms with Crippen molar-refractivity contribution in [3.8, 4) is 0 Å². The van der Waals surface area contributed by atoms with Gasteiger partial charge in [-0.05, 0) is 6.92 Å². The summed E-state index contributed by atoms with van der Waals surface area (Å²) < 4.78 is 4.58. The Bertz CT molecular complexity index is 206. The maximum atomic E-state index is 10.3. The Morgan fingerprint density at radius 1 is 1.50 bits per heavy atom. The van der Waals surface area contributed by atoms with Crippen molar-refractivity contribution >= 4 is 11.9 Å². The van der Waals surface area contributed by atoms with Crippen LogP contribution in [-0.4, -0.2) is 23.7 Å². The molecule has 0 spiro atoms. The molecule has 0 aromatic heterocycles. The van der Waals surface area contributed by atoms with Gasteiger partial charge in [-0.15, -0.1) is 0 Å². The van der Waals surface area contributed by atoms with Crippen LogP contribution in [-0.2, 0) is 14.3 Å². The summed E-state index contributed by atoms with van der Waals surface area (Å²) in [6.07, 6.45) is 1.99. The summed E-state index contributed by atoms with van der Waals surface area (Å²) in [6.45, 7) is 10.1. The van der Waals surface area contributed by atoms with E-state index in [2.05, 4.69) is 17.9 Å². The minimum atomic E-state index is -0.935. The molecule has 80 valence electrons. The average molecular weight is 200 g/mol. The van der Waals surface area contributed by atoms with Gasteiger partial charge >= 0.3 is 11.9 Å². The van der Waals surface area contributed by atoms with Crippen molar-refractivity contribution in [2.75, 3.05) is 6.61 Å². The summed E-state index contributed by atoms with van der Waals surface area (Å²) >= 11 is 0. The molecule has 0 saturated heterocycles. The molecule has 1 N–H and O–H groups in total. The van der Waals surface area contributed by atoms with Crippen LogP contribution < -0.4 is 0 Å². The minimum Gasteiger partial charge on any atom is -0.478 e. The molecule has 0 rings (SSSR count). The number of hydrogen-bond acceptors (Lipinski definition) is 3. The zero-order valence-corrected chi connectivity index (χ0v) is 8.58. The van der Waals surface area contributed by atoms with E-state index in [1.165, 1.54) is 6.92 Å². The summed E-state index contributed by atoms with van der Waals surface area (Å²) in [5.41, 5.74) is 0.176. The summed E-state index contributed by atoms with van der Waals surface area (Å²) in [5.74, 6) is -1.11. The van der Waals surface area contributed by atoms with Crippen LogP contribution in [0.4, 0.5) is 0 Å². The maximum absolute atomic E-state index is 10.3. The molecule has 0 aliphatic rings. The Balaban J connectivity index is 0. The Kier molecular flexibility index (Phi) is 10.1. The topological polar surface area (TPSA) is 63.6 Å². The Labute approximate surface area is 83.9 Å². The van der Waals surface area contributed by atoms with Gasteiger partial charge in [-0.1, -0.05) is 26.2 Å². The maximum Gasteiger partial charge on any atom is 0.330 e. The molecule has 0 aromatic carbocycles. The summed E-state index contributed by atoms with van der Waals surface area (Å²) in [7, 11) is 0. The van der Waals surface area contributed by atoms with Gasteiger partial charge in [-0.3, -0.25) is 4.79 Å². The predicted octanol–water partition coefficient (Wildman–Crippen LogP) is 1.77. The fraction of sp³-hybridized carbons (Fsp3) is 0.400. The highest BCUT2D eigenvalue weighted by Gasteiger charge is 1.92. The quantitative estimate of drug-likeness (QED) is 0.427. The van der Waals surface area contributed by atoms with Crippen molar-refractivity contribution in [2.24, 2.45) is 0 Å². The molecular weight excluding hydrogens is 184 g/mol.